The molecule has 9 nitrogen and oxygen atoms in total. The first-order chi connectivity index (χ1) is 14.3. The van der Waals surface area contributed by atoms with Crippen molar-refractivity contribution < 1.29 is 19.2 Å². The molecule has 0 aliphatic carbocycles. The number of non-ortho nitro benzene ring substituents is 1. The van der Waals surface area contributed by atoms with Crippen LogP contribution in [0.2, 0.25) is 0 Å². The molecule has 0 atom stereocenters. The Bertz CT molecular complexity index is 919. The number of benzene rings is 2. The first kappa shape index (κ1) is 22.5. The van der Waals surface area contributed by atoms with Crippen molar-refractivity contribution >= 4 is 23.2 Å². The van der Waals surface area contributed by atoms with Gasteiger partial charge in [-0.3, -0.25) is 19.7 Å². The number of hydrogen-bond acceptors (Lipinski definition) is 6. The summed E-state index contributed by atoms with van der Waals surface area (Å²) in [5, 5.41) is 14.7. The fraction of sp³-hybridized carbons (Fsp3) is 0.286. The average Bonchev–Trinajstić information content (AvgIpc) is 2.77. The van der Waals surface area contributed by atoms with Gasteiger partial charge < -0.3 is 9.64 Å². The van der Waals surface area contributed by atoms with E-state index < -0.39 is 10.8 Å². The molecule has 0 bridgehead atoms. The molecule has 2 aromatic carbocycles. The molecule has 0 spiro atoms. The minimum Gasteiger partial charge on any atom is -0.484 e. The van der Waals surface area contributed by atoms with Gasteiger partial charge in [-0.25, -0.2) is 5.43 Å². The molecule has 2 amide bonds. The van der Waals surface area contributed by atoms with Crippen LogP contribution >= 0.6 is 0 Å². The van der Waals surface area contributed by atoms with Gasteiger partial charge in [0.05, 0.1) is 10.6 Å². The van der Waals surface area contributed by atoms with Crippen LogP contribution in [0.5, 0.6) is 5.75 Å². The van der Waals surface area contributed by atoms with Crippen LogP contribution < -0.4 is 10.2 Å². The Morgan fingerprint density at radius 3 is 2.13 bits per heavy atom. The number of nitrogens with one attached hydrogen (secondary N) is 1. The summed E-state index contributed by atoms with van der Waals surface area (Å²) in [6.45, 7) is 6.81. The van der Waals surface area contributed by atoms with Crippen LogP contribution in [0.1, 0.15) is 36.7 Å². The highest BCUT2D eigenvalue weighted by atomic mass is 16.6. The van der Waals surface area contributed by atoms with E-state index in [1.807, 2.05) is 13.8 Å². The summed E-state index contributed by atoms with van der Waals surface area (Å²) < 4.78 is 5.52. The molecule has 1 N–H and O–H groups in total. The smallest absolute Gasteiger partial charge is 0.271 e. The van der Waals surface area contributed by atoms with Crippen molar-refractivity contribution in [1.82, 2.24) is 10.3 Å². The van der Waals surface area contributed by atoms with E-state index in [0.717, 1.165) is 5.56 Å². The van der Waals surface area contributed by atoms with Gasteiger partial charge in [-0.05, 0) is 62.7 Å². The molecule has 158 valence electrons. The number of carbonyl (C=O) groups excluding carboxylic acids is 2. The highest BCUT2D eigenvalue weighted by Crippen LogP contribution is 2.14. The van der Waals surface area contributed by atoms with Gasteiger partial charge in [-0.15, -0.1) is 0 Å². The topological polar surface area (TPSA) is 114 Å². The Morgan fingerprint density at radius 2 is 1.60 bits per heavy atom. The maximum Gasteiger partial charge on any atom is 0.271 e. The van der Waals surface area contributed by atoms with Crippen molar-refractivity contribution in [3.8, 4) is 5.75 Å². The Kier molecular flexibility index (Phi) is 8.04. The molecule has 0 heterocycles. The molecule has 0 fully saturated rings. The van der Waals surface area contributed by atoms with E-state index >= 15 is 0 Å². The molecule has 2 rings (SSSR count). The number of ether oxygens (including phenoxy) is 1. The fourth-order valence-electron chi connectivity index (χ4n) is 2.60. The molecule has 0 aromatic heterocycles. The lowest BCUT2D eigenvalue weighted by Gasteiger charge is -2.18. The van der Waals surface area contributed by atoms with Crippen molar-refractivity contribution in [2.45, 2.75) is 20.8 Å². The Labute approximate surface area is 174 Å². The average molecular weight is 412 g/mol. The molecule has 0 aliphatic rings. The lowest BCUT2D eigenvalue weighted by atomic mass is 10.1. The van der Waals surface area contributed by atoms with Gasteiger partial charge in [0.2, 0.25) is 0 Å². The van der Waals surface area contributed by atoms with E-state index in [2.05, 4.69) is 10.5 Å². The highest BCUT2D eigenvalue weighted by molar-refractivity contribution is 6.01. The predicted molar refractivity (Wildman–Crippen MR) is 113 cm³/mol. The van der Waals surface area contributed by atoms with Crippen LogP contribution in [0.15, 0.2) is 53.6 Å². The summed E-state index contributed by atoms with van der Waals surface area (Å²) in [7, 11) is 0. The highest BCUT2D eigenvalue weighted by Gasteiger charge is 2.11. The minimum atomic E-state index is -0.531. The van der Waals surface area contributed by atoms with Crippen LogP contribution in [-0.2, 0) is 4.79 Å². The van der Waals surface area contributed by atoms with E-state index in [1.165, 1.54) is 24.3 Å². The first-order valence-electron chi connectivity index (χ1n) is 9.45. The lowest BCUT2D eigenvalue weighted by Crippen LogP contribution is -2.34. The second-order valence-electron chi connectivity index (χ2n) is 6.32. The summed E-state index contributed by atoms with van der Waals surface area (Å²) >= 11 is 0. The van der Waals surface area contributed by atoms with Crippen LogP contribution in [0.3, 0.4) is 0 Å². The van der Waals surface area contributed by atoms with Gasteiger partial charge in [0.1, 0.15) is 5.75 Å². The molecule has 0 saturated carbocycles. The standard InChI is InChI=1S/C21H24N4O5/c1-4-24(5-2)20(26)14-30-19-12-8-16(9-13-19)15(3)22-23-21(27)17-6-10-18(11-7-17)25(28)29/h6-13H,4-5,14H2,1-3H3,(H,23,27)/b22-15-. The number of hydrazone groups is 1. The predicted octanol–water partition coefficient (Wildman–Crippen LogP) is 3.00. The zero-order valence-electron chi connectivity index (χ0n) is 17.1. The largest absolute Gasteiger partial charge is 0.484 e. The minimum absolute atomic E-state index is 0.0284. The zero-order chi connectivity index (χ0) is 22.1. The Balaban J connectivity index is 1.93. The van der Waals surface area contributed by atoms with E-state index in [4.69, 9.17) is 4.74 Å². The molecule has 0 radical (unpaired) electrons. The normalized spacial score (nSPS) is 11.0. The van der Waals surface area contributed by atoms with Crippen molar-refractivity contribution in [3.63, 3.8) is 0 Å². The van der Waals surface area contributed by atoms with Gasteiger partial charge in [-0.2, -0.15) is 5.10 Å². The number of amides is 2. The molecule has 0 aliphatic heterocycles. The van der Waals surface area contributed by atoms with Crippen molar-refractivity contribution in [2.24, 2.45) is 5.10 Å². The van der Waals surface area contributed by atoms with Gasteiger partial charge in [0.15, 0.2) is 6.61 Å². The van der Waals surface area contributed by atoms with E-state index in [9.17, 15) is 19.7 Å². The van der Waals surface area contributed by atoms with E-state index in [-0.39, 0.29) is 23.8 Å². The summed E-state index contributed by atoms with van der Waals surface area (Å²) in [5.41, 5.74) is 3.93. The summed E-state index contributed by atoms with van der Waals surface area (Å²) in [6.07, 6.45) is 0. The van der Waals surface area contributed by atoms with Crippen molar-refractivity contribution in [3.05, 3.63) is 69.8 Å². The third-order valence-corrected chi connectivity index (χ3v) is 4.42. The maximum absolute atomic E-state index is 12.1. The molecular weight excluding hydrogens is 388 g/mol. The van der Waals surface area contributed by atoms with Gasteiger partial charge >= 0.3 is 0 Å². The number of rotatable bonds is 9. The van der Waals surface area contributed by atoms with E-state index in [0.29, 0.717) is 24.6 Å². The van der Waals surface area contributed by atoms with Gasteiger partial charge in [0.25, 0.3) is 17.5 Å². The number of nitro groups is 1. The number of nitrogens with zero attached hydrogens (tertiary/aromatic N) is 3. The molecule has 30 heavy (non-hydrogen) atoms. The third-order valence-electron chi connectivity index (χ3n) is 4.42. The molecule has 9 heteroatoms. The summed E-state index contributed by atoms with van der Waals surface area (Å²) in [5.74, 6) is 0.0110. The van der Waals surface area contributed by atoms with Crippen LogP contribution in [0.25, 0.3) is 0 Å². The molecular formula is C21H24N4O5. The number of carbonyl (C=O) groups is 2. The number of likely N-dealkylation sites (N-methyl/N-ethyl adjacent to an activating group) is 1. The Morgan fingerprint density at radius 1 is 1.03 bits per heavy atom. The first-order valence-corrected chi connectivity index (χ1v) is 9.45. The zero-order valence-corrected chi connectivity index (χ0v) is 17.1. The van der Waals surface area contributed by atoms with Crippen molar-refractivity contribution in [2.75, 3.05) is 19.7 Å². The SMILES string of the molecule is CCN(CC)C(=O)COc1ccc(/C(C)=N\NC(=O)c2ccc([N+](=O)[O-])cc2)cc1. The quantitative estimate of drug-likeness (QED) is 0.386. The second kappa shape index (κ2) is 10.7. The fourth-order valence-corrected chi connectivity index (χ4v) is 2.60. The number of nitro benzene ring substituents is 1. The van der Waals surface area contributed by atoms with Crippen molar-refractivity contribution in [1.29, 1.82) is 0 Å². The maximum atomic E-state index is 12.1. The summed E-state index contributed by atoms with van der Waals surface area (Å²) in [6, 6.07) is 12.2. The van der Waals surface area contributed by atoms with Crippen LogP contribution in [-0.4, -0.2) is 47.0 Å². The summed E-state index contributed by atoms with van der Waals surface area (Å²) in [4.78, 5) is 35.9. The van der Waals surface area contributed by atoms with Crippen LogP contribution in [0, 0.1) is 10.1 Å². The number of hydrogen-bond donors (Lipinski definition) is 1. The molecule has 2 aromatic rings. The lowest BCUT2D eigenvalue weighted by molar-refractivity contribution is -0.384. The van der Waals surface area contributed by atoms with Crippen LogP contribution in [0.4, 0.5) is 5.69 Å². The van der Waals surface area contributed by atoms with Gasteiger partial charge in [0, 0.05) is 30.8 Å². The third kappa shape index (κ3) is 6.13. The second-order valence-corrected chi connectivity index (χ2v) is 6.32. The molecule has 0 unspecified atom stereocenters. The monoisotopic (exact) mass is 412 g/mol. The van der Waals surface area contributed by atoms with E-state index in [1.54, 1.807) is 36.1 Å². The Hall–Kier alpha value is -3.75. The van der Waals surface area contributed by atoms with Gasteiger partial charge in [-0.1, -0.05) is 0 Å². The molecule has 0 saturated heterocycles.